The van der Waals surface area contributed by atoms with E-state index in [1.54, 1.807) is 18.5 Å². The van der Waals surface area contributed by atoms with Crippen molar-refractivity contribution in [3.63, 3.8) is 0 Å². The molecule has 1 aliphatic rings. The molecule has 0 bridgehead atoms. The highest BCUT2D eigenvalue weighted by Gasteiger charge is 2.27. The van der Waals surface area contributed by atoms with Gasteiger partial charge in [0.25, 0.3) is 0 Å². The third kappa shape index (κ3) is 3.78. The summed E-state index contributed by atoms with van der Waals surface area (Å²) >= 11 is 7.63. The van der Waals surface area contributed by atoms with Crippen LogP contribution < -0.4 is 0 Å². The van der Waals surface area contributed by atoms with Gasteiger partial charge in [0, 0.05) is 36.5 Å². The Balaban J connectivity index is 1.70. The Hall–Kier alpha value is -2.25. The maximum Gasteiger partial charge on any atom is 0.198 e. The van der Waals surface area contributed by atoms with Crippen LogP contribution in [0.3, 0.4) is 0 Å². The zero-order valence-electron chi connectivity index (χ0n) is 14.3. The predicted octanol–water partition coefficient (Wildman–Crippen LogP) is 4.39. The summed E-state index contributed by atoms with van der Waals surface area (Å²) in [4.78, 5) is 13.1. The summed E-state index contributed by atoms with van der Waals surface area (Å²) in [5.41, 5.74) is 1.97. The molecule has 1 fully saturated rings. The number of allylic oxidation sites excluding steroid dienone is 1. The van der Waals surface area contributed by atoms with Crippen LogP contribution in [0.5, 0.6) is 0 Å². The van der Waals surface area contributed by atoms with Crippen molar-refractivity contribution in [3.05, 3.63) is 53.7 Å². The van der Waals surface area contributed by atoms with Gasteiger partial charge in [-0.2, -0.15) is 0 Å². The number of aromatic nitrogens is 6. The lowest BCUT2D eigenvalue weighted by molar-refractivity contribution is 0.705. The molecule has 0 radical (unpaired) electrons. The predicted molar refractivity (Wildman–Crippen MR) is 101 cm³/mol. The highest BCUT2D eigenvalue weighted by Crippen LogP contribution is 2.39. The van der Waals surface area contributed by atoms with Crippen molar-refractivity contribution in [1.82, 2.24) is 29.7 Å². The first-order valence-corrected chi connectivity index (χ1v) is 9.50. The molecule has 8 heteroatoms. The number of rotatable bonds is 6. The van der Waals surface area contributed by atoms with Crippen LogP contribution in [-0.2, 0) is 6.54 Å². The Morgan fingerprint density at radius 2 is 2.04 bits per heavy atom. The van der Waals surface area contributed by atoms with Gasteiger partial charge in [0.1, 0.15) is 16.0 Å². The van der Waals surface area contributed by atoms with Gasteiger partial charge in [-0.1, -0.05) is 23.8 Å². The van der Waals surface area contributed by atoms with E-state index in [9.17, 15) is 0 Å². The van der Waals surface area contributed by atoms with Crippen molar-refractivity contribution in [2.45, 2.75) is 42.4 Å². The maximum atomic E-state index is 6.18. The van der Waals surface area contributed by atoms with Crippen molar-refractivity contribution in [1.29, 1.82) is 0 Å². The van der Waals surface area contributed by atoms with E-state index < -0.39 is 0 Å². The monoisotopic (exact) mass is 384 g/mol. The molecule has 0 saturated heterocycles. The third-order valence-electron chi connectivity index (χ3n) is 3.91. The molecule has 0 unspecified atom stereocenters. The molecule has 0 N–H and O–H groups in total. The Morgan fingerprint density at radius 3 is 2.73 bits per heavy atom. The lowest BCUT2D eigenvalue weighted by atomic mass is 10.2. The van der Waals surface area contributed by atoms with Gasteiger partial charge < -0.3 is 0 Å². The zero-order valence-corrected chi connectivity index (χ0v) is 15.8. The fourth-order valence-electron chi connectivity index (χ4n) is 2.57. The molecule has 1 aliphatic carbocycles. The van der Waals surface area contributed by atoms with Crippen LogP contribution in [-0.4, -0.2) is 29.7 Å². The molecule has 0 aromatic carbocycles. The standard InChI is InChI=1S/C18H17ClN6S/c1-11(2)10-25-17(13-5-7-20-8-6-13)23-24-18(25)26-15-9-14(19)21-16(22-15)12-3-4-12/h5-9,12H,1,3-4,10H2,2H3. The second-order valence-corrected chi connectivity index (χ2v) is 7.72. The SMILES string of the molecule is C=C(C)Cn1c(Sc2cc(Cl)nc(C3CC3)n2)nnc1-c1ccncc1. The largest absolute Gasteiger partial charge is 0.298 e. The molecule has 0 amide bonds. The molecule has 3 heterocycles. The summed E-state index contributed by atoms with van der Waals surface area (Å²) in [7, 11) is 0. The Labute approximate surface area is 160 Å². The molecule has 3 aromatic rings. The Bertz CT molecular complexity index is 952. The van der Waals surface area contributed by atoms with Gasteiger partial charge in [-0.15, -0.1) is 10.2 Å². The van der Waals surface area contributed by atoms with E-state index in [-0.39, 0.29) is 0 Å². The molecular weight excluding hydrogens is 368 g/mol. The summed E-state index contributed by atoms with van der Waals surface area (Å²) in [5.74, 6) is 2.04. The van der Waals surface area contributed by atoms with Gasteiger partial charge in [0.15, 0.2) is 11.0 Å². The minimum atomic E-state index is 0.439. The number of hydrogen-bond donors (Lipinski definition) is 0. The van der Waals surface area contributed by atoms with Gasteiger partial charge in [0.05, 0.1) is 0 Å². The minimum absolute atomic E-state index is 0.439. The molecule has 132 valence electrons. The van der Waals surface area contributed by atoms with Crippen molar-refractivity contribution in [2.24, 2.45) is 0 Å². The number of halogens is 1. The summed E-state index contributed by atoms with van der Waals surface area (Å²) in [6.45, 7) is 6.64. The van der Waals surface area contributed by atoms with Crippen LogP contribution in [0.25, 0.3) is 11.4 Å². The first-order valence-electron chi connectivity index (χ1n) is 8.30. The van der Waals surface area contributed by atoms with Crippen molar-refractivity contribution in [2.75, 3.05) is 0 Å². The first-order chi connectivity index (χ1) is 12.6. The van der Waals surface area contributed by atoms with Gasteiger partial charge in [-0.25, -0.2) is 9.97 Å². The van der Waals surface area contributed by atoms with E-state index in [4.69, 9.17) is 11.6 Å². The maximum absolute atomic E-state index is 6.18. The van der Waals surface area contributed by atoms with Crippen LogP contribution >= 0.6 is 23.4 Å². The van der Waals surface area contributed by atoms with Crippen LogP contribution in [0.1, 0.15) is 31.5 Å². The molecule has 4 rings (SSSR count). The van der Waals surface area contributed by atoms with Crippen LogP contribution in [0.2, 0.25) is 5.15 Å². The lowest BCUT2D eigenvalue weighted by Gasteiger charge is -2.10. The highest BCUT2D eigenvalue weighted by molar-refractivity contribution is 7.99. The Kier molecular flexibility index (Phi) is 4.74. The molecule has 1 saturated carbocycles. The smallest absolute Gasteiger partial charge is 0.198 e. The average Bonchev–Trinajstić information content (AvgIpc) is 3.39. The average molecular weight is 385 g/mol. The van der Waals surface area contributed by atoms with E-state index >= 15 is 0 Å². The zero-order chi connectivity index (χ0) is 18.1. The van der Waals surface area contributed by atoms with Gasteiger partial charge in [-0.05, 0) is 43.7 Å². The fraction of sp³-hybridized carbons (Fsp3) is 0.278. The molecule has 0 atom stereocenters. The van der Waals surface area contributed by atoms with Gasteiger partial charge in [-0.3, -0.25) is 9.55 Å². The number of pyridine rings is 1. The van der Waals surface area contributed by atoms with Crippen molar-refractivity contribution in [3.8, 4) is 11.4 Å². The molecule has 0 spiro atoms. The van der Waals surface area contributed by atoms with Crippen LogP contribution in [0, 0.1) is 0 Å². The second kappa shape index (κ2) is 7.17. The van der Waals surface area contributed by atoms with E-state index in [1.165, 1.54) is 11.8 Å². The molecule has 0 aliphatic heterocycles. The topological polar surface area (TPSA) is 69.4 Å². The summed E-state index contributed by atoms with van der Waals surface area (Å²) in [6.07, 6.45) is 5.74. The lowest BCUT2D eigenvalue weighted by Crippen LogP contribution is -2.04. The van der Waals surface area contributed by atoms with E-state index in [2.05, 4.69) is 31.7 Å². The summed E-state index contributed by atoms with van der Waals surface area (Å²) < 4.78 is 2.04. The van der Waals surface area contributed by atoms with Gasteiger partial charge in [0.2, 0.25) is 0 Å². The van der Waals surface area contributed by atoms with E-state index in [0.717, 1.165) is 45.8 Å². The van der Waals surface area contributed by atoms with Crippen molar-refractivity contribution < 1.29 is 0 Å². The van der Waals surface area contributed by atoms with E-state index in [0.29, 0.717) is 17.6 Å². The number of nitrogens with zero attached hydrogens (tertiary/aromatic N) is 6. The Morgan fingerprint density at radius 1 is 1.27 bits per heavy atom. The molecule has 6 nitrogen and oxygen atoms in total. The second-order valence-electron chi connectivity index (χ2n) is 6.35. The number of hydrogen-bond acceptors (Lipinski definition) is 6. The fourth-order valence-corrected chi connectivity index (χ4v) is 3.67. The van der Waals surface area contributed by atoms with E-state index in [1.807, 2.05) is 23.6 Å². The minimum Gasteiger partial charge on any atom is -0.298 e. The van der Waals surface area contributed by atoms with Crippen LogP contribution in [0.15, 0.2) is 52.9 Å². The molecule has 3 aromatic heterocycles. The quantitative estimate of drug-likeness (QED) is 0.463. The normalized spacial score (nSPS) is 13.8. The summed E-state index contributed by atoms with van der Waals surface area (Å²) in [5, 5.41) is 10.7. The molecular formula is C18H17ClN6S. The highest BCUT2D eigenvalue weighted by atomic mass is 35.5. The first kappa shape index (κ1) is 17.2. The summed E-state index contributed by atoms with van der Waals surface area (Å²) in [6, 6.07) is 5.60. The third-order valence-corrected chi connectivity index (χ3v) is 5.01. The van der Waals surface area contributed by atoms with Gasteiger partial charge >= 0.3 is 0 Å². The van der Waals surface area contributed by atoms with Crippen LogP contribution in [0.4, 0.5) is 0 Å². The van der Waals surface area contributed by atoms with Crippen molar-refractivity contribution >= 4 is 23.4 Å². The molecule has 26 heavy (non-hydrogen) atoms.